The standard InChI is InChI=1S/C26H28ClNS/c1-3-28(4-2)19-20-29-24-17-15-22(16-18-24)25(21-11-7-5-8-12-21)26(27)23-13-9-6-10-14-23/h5-18H,3-4,19-20H2,1-2H3/b26-25+. The van der Waals surface area contributed by atoms with Gasteiger partial charge in [-0.25, -0.2) is 0 Å². The van der Waals surface area contributed by atoms with Gasteiger partial charge in [0.15, 0.2) is 0 Å². The van der Waals surface area contributed by atoms with E-state index in [2.05, 4.69) is 79.4 Å². The van der Waals surface area contributed by atoms with E-state index in [9.17, 15) is 0 Å². The molecule has 0 aromatic heterocycles. The Hall–Kier alpha value is -2.00. The van der Waals surface area contributed by atoms with E-state index < -0.39 is 0 Å². The van der Waals surface area contributed by atoms with Gasteiger partial charge in [0.05, 0.1) is 5.03 Å². The van der Waals surface area contributed by atoms with Gasteiger partial charge in [0, 0.05) is 22.8 Å². The van der Waals surface area contributed by atoms with Gasteiger partial charge in [0.1, 0.15) is 0 Å². The molecular weight excluding hydrogens is 394 g/mol. The molecule has 0 unspecified atom stereocenters. The molecule has 0 spiro atoms. The fraction of sp³-hybridized carbons (Fsp3) is 0.231. The highest BCUT2D eigenvalue weighted by atomic mass is 35.5. The lowest BCUT2D eigenvalue weighted by atomic mass is 9.95. The van der Waals surface area contributed by atoms with E-state index >= 15 is 0 Å². The first-order chi connectivity index (χ1) is 14.2. The van der Waals surface area contributed by atoms with Gasteiger partial charge in [0.2, 0.25) is 0 Å². The maximum absolute atomic E-state index is 6.90. The number of halogens is 1. The van der Waals surface area contributed by atoms with Crippen LogP contribution in [0.4, 0.5) is 0 Å². The third kappa shape index (κ3) is 5.99. The number of rotatable bonds is 9. The minimum atomic E-state index is 0.777. The van der Waals surface area contributed by atoms with Gasteiger partial charge in [-0.15, -0.1) is 11.8 Å². The molecule has 0 aliphatic heterocycles. The Kier molecular flexibility index (Phi) is 8.42. The van der Waals surface area contributed by atoms with E-state index in [0.717, 1.165) is 52.7 Å². The van der Waals surface area contributed by atoms with E-state index in [1.165, 1.54) is 4.90 Å². The third-order valence-electron chi connectivity index (χ3n) is 5.02. The Morgan fingerprint density at radius 2 is 1.24 bits per heavy atom. The quantitative estimate of drug-likeness (QED) is 0.264. The summed E-state index contributed by atoms with van der Waals surface area (Å²) in [5.41, 5.74) is 4.37. The average Bonchev–Trinajstić information content (AvgIpc) is 2.79. The van der Waals surface area contributed by atoms with E-state index in [1.54, 1.807) is 0 Å². The molecule has 0 N–H and O–H groups in total. The number of hydrogen-bond acceptors (Lipinski definition) is 2. The maximum Gasteiger partial charge on any atom is 0.0562 e. The predicted molar refractivity (Wildman–Crippen MR) is 130 cm³/mol. The first-order valence-electron chi connectivity index (χ1n) is 10.2. The topological polar surface area (TPSA) is 3.24 Å². The fourth-order valence-corrected chi connectivity index (χ4v) is 4.56. The van der Waals surface area contributed by atoms with Crippen LogP contribution in [0.2, 0.25) is 0 Å². The minimum Gasteiger partial charge on any atom is -0.303 e. The lowest BCUT2D eigenvalue weighted by Gasteiger charge is -2.17. The zero-order chi connectivity index (χ0) is 20.5. The monoisotopic (exact) mass is 421 g/mol. The van der Waals surface area contributed by atoms with Gasteiger partial charge >= 0.3 is 0 Å². The van der Waals surface area contributed by atoms with Gasteiger partial charge in [-0.1, -0.05) is 98.2 Å². The normalized spacial score (nSPS) is 12.1. The zero-order valence-electron chi connectivity index (χ0n) is 17.1. The Balaban J connectivity index is 1.86. The summed E-state index contributed by atoms with van der Waals surface area (Å²) >= 11 is 8.81. The van der Waals surface area contributed by atoms with Gasteiger partial charge in [-0.2, -0.15) is 0 Å². The molecule has 0 heterocycles. The number of benzene rings is 3. The molecule has 29 heavy (non-hydrogen) atoms. The largest absolute Gasteiger partial charge is 0.303 e. The molecule has 1 nitrogen and oxygen atoms in total. The summed E-state index contributed by atoms with van der Waals surface area (Å²) in [5, 5.41) is 0.777. The summed E-state index contributed by atoms with van der Waals surface area (Å²) < 4.78 is 0. The first kappa shape index (κ1) is 21.7. The van der Waals surface area contributed by atoms with Crippen molar-refractivity contribution in [3.63, 3.8) is 0 Å². The van der Waals surface area contributed by atoms with E-state index in [-0.39, 0.29) is 0 Å². The summed E-state index contributed by atoms with van der Waals surface area (Å²) in [4.78, 5) is 3.75. The van der Waals surface area contributed by atoms with Gasteiger partial charge < -0.3 is 4.90 Å². The van der Waals surface area contributed by atoms with Crippen LogP contribution >= 0.6 is 23.4 Å². The minimum absolute atomic E-state index is 0.777. The molecule has 0 bridgehead atoms. The summed E-state index contributed by atoms with van der Waals surface area (Å²) in [6.07, 6.45) is 0. The molecule has 0 aliphatic rings. The highest BCUT2D eigenvalue weighted by molar-refractivity contribution is 7.99. The summed E-state index contributed by atoms with van der Waals surface area (Å²) in [5.74, 6) is 1.10. The molecule has 3 heteroatoms. The molecule has 3 aromatic carbocycles. The first-order valence-corrected chi connectivity index (χ1v) is 11.6. The van der Waals surface area contributed by atoms with Crippen LogP contribution in [0.1, 0.15) is 30.5 Å². The smallest absolute Gasteiger partial charge is 0.0562 e. The van der Waals surface area contributed by atoms with Crippen LogP contribution < -0.4 is 0 Å². The second-order valence-electron chi connectivity index (χ2n) is 6.82. The number of thioether (sulfide) groups is 1. The van der Waals surface area contributed by atoms with Crippen molar-refractivity contribution in [2.24, 2.45) is 0 Å². The van der Waals surface area contributed by atoms with Crippen LogP contribution in [-0.2, 0) is 0 Å². The van der Waals surface area contributed by atoms with Crippen LogP contribution in [0.5, 0.6) is 0 Å². The summed E-state index contributed by atoms with van der Waals surface area (Å²) in [6, 6.07) is 29.4. The summed E-state index contributed by atoms with van der Waals surface area (Å²) in [7, 11) is 0. The summed E-state index contributed by atoms with van der Waals surface area (Å²) in [6.45, 7) is 7.78. The second-order valence-corrected chi connectivity index (χ2v) is 8.37. The van der Waals surface area contributed by atoms with Crippen molar-refractivity contribution in [1.82, 2.24) is 4.90 Å². The molecule has 0 saturated heterocycles. The van der Waals surface area contributed by atoms with Crippen LogP contribution in [0, 0.1) is 0 Å². The molecule has 0 radical (unpaired) electrons. The van der Waals surface area contributed by atoms with Gasteiger partial charge in [-0.05, 0) is 41.9 Å². The van der Waals surface area contributed by atoms with Crippen molar-refractivity contribution in [3.8, 4) is 0 Å². The predicted octanol–water partition coefficient (Wildman–Crippen LogP) is 7.28. The highest BCUT2D eigenvalue weighted by Crippen LogP contribution is 2.35. The van der Waals surface area contributed by atoms with Crippen molar-refractivity contribution >= 4 is 34.0 Å². The van der Waals surface area contributed by atoms with Crippen molar-refractivity contribution in [2.45, 2.75) is 18.7 Å². The lowest BCUT2D eigenvalue weighted by Crippen LogP contribution is -2.25. The van der Waals surface area contributed by atoms with Crippen molar-refractivity contribution in [1.29, 1.82) is 0 Å². The lowest BCUT2D eigenvalue weighted by molar-refractivity contribution is 0.324. The van der Waals surface area contributed by atoms with Crippen molar-refractivity contribution in [3.05, 3.63) is 102 Å². The second kappa shape index (κ2) is 11.3. The maximum atomic E-state index is 6.90. The molecule has 0 saturated carbocycles. The number of nitrogens with zero attached hydrogens (tertiary/aromatic N) is 1. The molecule has 3 rings (SSSR count). The molecule has 0 fully saturated rings. The fourth-order valence-electron chi connectivity index (χ4n) is 3.30. The molecular formula is C26H28ClNS. The Morgan fingerprint density at radius 3 is 1.79 bits per heavy atom. The van der Waals surface area contributed by atoms with E-state index in [0.29, 0.717) is 0 Å². The van der Waals surface area contributed by atoms with Gasteiger partial charge in [-0.3, -0.25) is 0 Å². The Bertz CT molecular complexity index is 900. The zero-order valence-corrected chi connectivity index (χ0v) is 18.7. The number of hydrogen-bond donors (Lipinski definition) is 0. The van der Waals surface area contributed by atoms with Crippen LogP contribution in [0.3, 0.4) is 0 Å². The van der Waals surface area contributed by atoms with Crippen LogP contribution in [0.25, 0.3) is 10.6 Å². The molecule has 150 valence electrons. The van der Waals surface area contributed by atoms with Crippen LogP contribution in [0.15, 0.2) is 89.8 Å². The van der Waals surface area contributed by atoms with Crippen molar-refractivity contribution in [2.75, 3.05) is 25.4 Å². The Morgan fingerprint density at radius 1 is 0.724 bits per heavy atom. The van der Waals surface area contributed by atoms with Crippen LogP contribution in [-0.4, -0.2) is 30.3 Å². The third-order valence-corrected chi connectivity index (χ3v) is 6.42. The highest BCUT2D eigenvalue weighted by Gasteiger charge is 2.12. The van der Waals surface area contributed by atoms with Gasteiger partial charge in [0.25, 0.3) is 0 Å². The SMILES string of the molecule is CCN(CC)CCSc1ccc(/C(=C(/Cl)c2ccccc2)c2ccccc2)cc1. The van der Waals surface area contributed by atoms with E-state index in [4.69, 9.17) is 11.6 Å². The molecule has 3 aromatic rings. The van der Waals surface area contributed by atoms with E-state index in [1.807, 2.05) is 36.0 Å². The molecule has 0 atom stereocenters. The molecule has 0 aliphatic carbocycles. The molecule has 0 amide bonds. The van der Waals surface area contributed by atoms with Crippen molar-refractivity contribution < 1.29 is 0 Å². The average molecular weight is 422 g/mol. The Labute approximate surface area is 184 Å².